The topological polar surface area (TPSA) is 20.3 Å². The van der Waals surface area contributed by atoms with Crippen molar-refractivity contribution >= 4 is 11.5 Å². The smallest absolute Gasteiger partial charge is 0.182 e. The second-order valence-corrected chi connectivity index (χ2v) is 4.96. The van der Waals surface area contributed by atoms with Gasteiger partial charge in [-0.25, -0.2) is 13.2 Å². The molecule has 5 heteroatoms. The number of Topliss-reactive ketones (excluding diaryl/α,β-unsaturated/α-hetero) is 1. The molecule has 96 valence electrons. The van der Waals surface area contributed by atoms with E-state index >= 15 is 0 Å². The van der Waals surface area contributed by atoms with E-state index in [4.69, 9.17) is 0 Å². The summed E-state index contributed by atoms with van der Waals surface area (Å²) >= 11 is 0. The average molecular weight is 255 g/mol. The van der Waals surface area contributed by atoms with Crippen LogP contribution in [0, 0.1) is 17.5 Å². The zero-order chi connectivity index (χ0) is 12.9. The lowest BCUT2D eigenvalue weighted by molar-refractivity contribution is -0.120. The highest BCUT2D eigenvalue weighted by Crippen LogP contribution is 2.39. The number of anilines is 1. The number of carbonyl (C=O) groups is 1. The number of benzene rings is 1. The number of hydrogen-bond acceptors (Lipinski definition) is 2. The molecule has 0 spiro atoms. The first-order valence-electron chi connectivity index (χ1n) is 6.01. The van der Waals surface area contributed by atoms with Gasteiger partial charge in [0.2, 0.25) is 0 Å². The molecule has 2 heterocycles. The lowest BCUT2D eigenvalue weighted by Gasteiger charge is -2.36. The molecule has 2 bridgehead atoms. The molecule has 0 aromatic heterocycles. The third-order valence-corrected chi connectivity index (χ3v) is 3.80. The molecule has 1 aromatic carbocycles. The lowest BCUT2D eigenvalue weighted by Crippen LogP contribution is -2.43. The first-order chi connectivity index (χ1) is 8.56. The SMILES string of the molecule is O=C1CC2CCC(C1)N2c1cc(F)cc(F)c1F. The zero-order valence-electron chi connectivity index (χ0n) is 9.63. The van der Waals surface area contributed by atoms with Gasteiger partial charge in [-0.05, 0) is 12.8 Å². The summed E-state index contributed by atoms with van der Waals surface area (Å²) in [4.78, 5) is 13.1. The van der Waals surface area contributed by atoms with Crippen molar-refractivity contribution in [3.8, 4) is 0 Å². The fourth-order valence-corrected chi connectivity index (χ4v) is 3.09. The molecule has 0 radical (unpaired) electrons. The maximum atomic E-state index is 13.8. The average Bonchev–Trinajstić information content (AvgIpc) is 2.56. The van der Waals surface area contributed by atoms with Gasteiger partial charge in [0.05, 0.1) is 5.69 Å². The van der Waals surface area contributed by atoms with Crippen molar-refractivity contribution in [1.29, 1.82) is 0 Å². The summed E-state index contributed by atoms with van der Waals surface area (Å²) in [7, 11) is 0. The molecule has 0 amide bonds. The molecule has 1 aromatic rings. The molecule has 2 aliphatic rings. The van der Waals surface area contributed by atoms with Gasteiger partial charge in [0.1, 0.15) is 11.6 Å². The van der Waals surface area contributed by atoms with E-state index < -0.39 is 17.5 Å². The van der Waals surface area contributed by atoms with E-state index in [1.807, 2.05) is 0 Å². The van der Waals surface area contributed by atoms with E-state index in [0.29, 0.717) is 18.9 Å². The van der Waals surface area contributed by atoms with Crippen LogP contribution in [0.2, 0.25) is 0 Å². The Morgan fingerprint density at radius 3 is 2.28 bits per heavy atom. The van der Waals surface area contributed by atoms with Gasteiger partial charge in [0, 0.05) is 37.1 Å². The Hall–Kier alpha value is -1.52. The number of halogens is 3. The molecular formula is C13H12F3NO. The van der Waals surface area contributed by atoms with Crippen LogP contribution in [0.15, 0.2) is 12.1 Å². The Bertz CT molecular complexity index is 501. The Labute approximate surface area is 102 Å². The van der Waals surface area contributed by atoms with Crippen LogP contribution in [0.3, 0.4) is 0 Å². The number of rotatable bonds is 1. The van der Waals surface area contributed by atoms with Crippen molar-refractivity contribution in [3.05, 3.63) is 29.6 Å². The molecule has 0 N–H and O–H groups in total. The summed E-state index contributed by atoms with van der Waals surface area (Å²) in [6, 6.07) is 1.31. The minimum atomic E-state index is -1.18. The Balaban J connectivity index is 2.03. The van der Waals surface area contributed by atoms with Crippen LogP contribution in [0.1, 0.15) is 25.7 Å². The second kappa shape index (κ2) is 4.00. The van der Waals surface area contributed by atoms with Gasteiger partial charge in [-0.15, -0.1) is 0 Å². The first kappa shape index (κ1) is 11.6. The van der Waals surface area contributed by atoms with Gasteiger partial charge in [-0.2, -0.15) is 0 Å². The Kier molecular flexibility index (Phi) is 2.57. The molecule has 0 saturated carbocycles. The molecule has 2 atom stereocenters. The van der Waals surface area contributed by atoms with E-state index in [1.165, 1.54) is 0 Å². The molecule has 2 fully saturated rings. The zero-order valence-corrected chi connectivity index (χ0v) is 9.63. The minimum Gasteiger partial charge on any atom is -0.362 e. The summed E-state index contributed by atoms with van der Waals surface area (Å²) < 4.78 is 40.2. The molecule has 18 heavy (non-hydrogen) atoms. The van der Waals surface area contributed by atoms with Crippen LogP contribution in [0.5, 0.6) is 0 Å². The van der Waals surface area contributed by atoms with Crippen molar-refractivity contribution in [2.24, 2.45) is 0 Å². The first-order valence-corrected chi connectivity index (χ1v) is 6.01. The molecule has 3 rings (SSSR count). The van der Waals surface area contributed by atoms with Crippen molar-refractivity contribution in [3.63, 3.8) is 0 Å². The van der Waals surface area contributed by atoms with Crippen LogP contribution < -0.4 is 4.90 Å². The highest BCUT2D eigenvalue weighted by Gasteiger charge is 2.41. The number of fused-ring (bicyclic) bond motifs is 2. The quantitative estimate of drug-likeness (QED) is 0.719. The van der Waals surface area contributed by atoms with Gasteiger partial charge >= 0.3 is 0 Å². The fourth-order valence-electron chi connectivity index (χ4n) is 3.09. The molecule has 2 saturated heterocycles. The van der Waals surface area contributed by atoms with Crippen LogP contribution >= 0.6 is 0 Å². The molecule has 0 aliphatic carbocycles. The van der Waals surface area contributed by atoms with Crippen molar-refractivity contribution < 1.29 is 18.0 Å². The Morgan fingerprint density at radius 2 is 1.67 bits per heavy atom. The van der Waals surface area contributed by atoms with E-state index in [9.17, 15) is 18.0 Å². The van der Waals surface area contributed by atoms with Gasteiger partial charge in [-0.1, -0.05) is 0 Å². The van der Waals surface area contributed by atoms with E-state index in [2.05, 4.69) is 0 Å². The third-order valence-electron chi connectivity index (χ3n) is 3.80. The van der Waals surface area contributed by atoms with Crippen molar-refractivity contribution in [1.82, 2.24) is 0 Å². The number of ketones is 1. The Morgan fingerprint density at radius 1 is 1.06 bits per heavy atom. The van der Waals surface area contributed by atoms with Gasteiger partial charge in [0.25, 0.3) is 0 Å². The molecule has 2 aliphatic heterocycles. The summed E-state index contributed by atoms with van der Waals surface area (Å²) in [6.07, 6.45) is 2.23. The summed E-state index contributed by atoms with van der Waals surface area (Å²) in [5.41, 5.74) is -0.0486. The number of nitrogens with zero attached hydrogens (tertiary/aromatic N) is 1. The van der Waals surface area contributed by atoms with E-state index in [1.54, 1.807) is 4.90 Å². The third kappa shape index (κ3) is 1.69. The minimum absolute atomic E-state index is 0.0486. The maximum Gasteiger partial charge on any atom is 0.182 e. The fraction of sp³-hybridized carbons (Fsp3) is 0.462. The molecular weight excluding hydrogens is 243 g/mol. The predicted molar refractivity (Wildman–Crippen MR) is 59.8 cm³/mol. The highest BCUT2D eigenvalue weighted by atomic mass is 19.2. The monoisotopic (exact) mass is 255 g/mol. The van der Waals surface area contributed by atoms with Crippen LogP contribution in [0.25, 0.3) is 0 Å². The maximum absolute atomic E-state index is 13.8. The van der Waals surface area contributed by atoms with Gasteiger partial charge < -0.3 is 4.90 Å². The summed E-state index contributed by atoms with van der Waals surface area (Å²) in [5.74, 6) is -2.85. The standard InChI is InChI=1S/C13H12F3NO/c14-7-3-11(15)13(16)12(4-7)17-8-1-2-9(17)6-10(18)5-8/h3-4,8-9H,1-2,5-6H2. The van der Waals surface area contributed by atoms with E-state index in [-0.39, 0.29) is 23.6 Å². The molecule has 2 unspecified atom stereocenters. The van der Waals surface area contributed by atoms with Gasteiger partial charge in [-0.3, -0.25) is 4.79 Å². The largest absolute Gasteiger partial charge is 0.362 e. The van der Waals surface area contributed by atoms with Crippen LogP contribution in [-0.4, -0.2) is 17.9 Å². The van der Waals surface area contributed by atoms with Gasteiger partial charge in [0.15, 0.2) is 11.6 Å². The van der Waals surface area contributed by atoms with Crippen molar-refractivity contribution in [2.75, 3.05) is 4.90 Å². The number of carbonyl (C=O) groups excluding carboxylic acids is 1. The van der Waals surface area contributed by atoms with Crippen molar-refractivity contribution in [2.45, 2.75) is 37.8 Å². The second-order valence-electron chi connectivity index (χ2n) is 4.96. The molecule has 2 nitrogen and oxygen atoms in total. The normalized spacial score (nSPS) is 26.8. The summed E-state index contributed by atoms with van der Waals surface area (Å²) in [6.45, 7) is 0. The summed E-state index contributed by atoms with van der Waals surface area (Å²) in [5, 5.41) is 0. The van der Waals surface area contributed by atoms with Crippen LogP contribution in [-0.2, 0) is 4.79 Å². The lowest BCUT2D eigenvalue weighted by atomic mass is 10.0. The van der Waals surface area contributed by atoms with Crippen LogP contribution in [0.4, 0.5) is 18.9 Å². The number of piperidine rings is 1. The van der Waals surface area contributed by atoms with E-state index in [0.717, 1.165) is 18.9 Å². The predicted octanol–water partition coefficient (Wildman–Crippen LogP) is 2.80. The number of hydrogen-bond donors (Lipinski definition) is 0. The highest BCUT2D eigenvalue weighted by molar-refractivity contribution is 5.83.